The van der Waals surface area contributed by atoms with Crippen molar-refractivity contribution in [3.63, 3.8) is 0 Å². The van der Waals surface area contributed by atoms with Crippen molar-refractivity contribution >= 4 is 23.2 Å². The first-order valence-corrected chi connectivity index (χ1v) is 9.33. The zero-order valence-corrected chi connectivity index (χ0v) is 16.1. The van der Waals surface area contributed by atoms with Gasteiger partial charge in [-0.2, -0.15) is 4.98 Å². The first-order valence-electron chi connectivity index (χ1n) is 8.95. The van der Waals surface area contributed by atoms with Crippen molar-refractivity contribution in [2.24, 2.45) is 0 Å². The first kappa shape index (κ1) is 19.0. The van der Waals surface area contributed by atoms with Gasteiger partial charge >= 0.3 is 0 Å². The number of carbonyl (C=O) groups excluding carboxylic acids is 1. The van der Waals surface area contributed by atoms with Gasteiger partial charge in [0.15, 0.2) is 17.3 Å². The summed E-state index contributed by atoms with van der Waals surface area (Å²) in [5, 5.41) is 15.0. The molecule has 0 aliphatic rings. The van der Waals surface area contributed by atoms with E-state index in [0.717, 1.165) is 24.5 Å². The molecular weight excluding hydrogens is 399 g/mol. The van der Waals surface area contributed by atoms with Crippen LogP contribution in [0.25, 0.3) is 17.1 Å². The van der Waals surface area contributed by atoms with Gasteiger partial charge in [-0.05, 0) is 36.8 Å². The van der Waals surface area contributed by atoms with Crippen LogP contribution < -0.4 is 5.32 Å². The Hall–Kier alpha value is -3.33. The van der Waals surface area contributed by atoms with Crippen LogP contribution in [-0.4, -0.2) is 30.6 Å². The smallest absolute Gasteiger partial charge is 0.258 e. The lowest BCUT2D eigenvalue weighted by atomic mass is 10.2. The van der Waals surface area contributed by atoms with Crippen molar-refractivity contribution in [3.05, 3.63) is 64.6 Å². The van der Waals surface area contributed by atoms with E-state index >= 15 is 0 Å². The highest BCUT2D eigenvalue weighted by molar-refractivity contribution is 6.31. The van der Waals surface area contributed by atoms with Gasteiger partial charge in [-0.15, -0.1) is 10.2 Å². The maximum Gasteiger partial charge on any atom is 0.258 e. The van der Waals surface area contributed by atoms with Crippen LogP contribution in [0.15, 0.2) is 41.1 Å². The van der Waals surface area contributed by atoms with Crippen LogP contribution in [0.4, 0.5) is 4.39 Å². The predicted molar refractivity (Wildman–Crippen MR) is 103 cm³/mol. The lowest BCUT2D eigenvalue weighted by Crippen LogP contribution is -2.25. The number of nitrogens with one attached hydrogen (secondary N) is 1. The minimum atomic E-state index is -0.648. The minimum absolute atomic E-state index is 0.0620. The van der Waals surface area contributed by atoms with E-state index in [9.17, 15) is 9.18 Å². The molecule has 0 radical (unpaired) electrons. The van der Waals surface area contributed by atoms with Gasteiger partial charge in [0.25, 0.3) is 11.8 Å². The van der Waals surface area contributed by atoms with E-state index in [0.29, 0.717) is 23.2 Å². The van der Waals surface area contributed by atoms with Gasteiger partial charge in [-0.3, -0.25) is 9.20 Å². The molecule has 0 aliphatic carbocycles. The molecule has 0 saturated carbocycles. The Morgan fingerprint density at radius 2 is 2.14 bits per heavy atom. The van der Waals surface area contributed by atoms with E-state index < -0.39 is 11.7 Å². The van der Waals surface area contributed by atoms with E-state index in [-0.39, 0.29) is 17.1 Å². The summed E-state index contributed by atoms with van der Waals surface area (Å²) < 4.78 is 20.8. The molecule has 0 atom stereocenters. The average Bonchev–Trinajstić information content (AvgIpc) is 3.35. The zero-order valence-electron chi connectivity index (χ0n) is 15.4. The van der Waals surface area contributed by atoms with Crippen LogP contribution in [0.2, 0.25) is 5.02 Å². The summed E-state index contributed by atoms with van der Waals surface area (Å²) in [6.07, 6.45) is 3.42. The van der Waals surface area contributed by atoms with Gasteiger partial charge in [0.2, 0.25) is 0 Å². The molecule has 0 saturated heterocycles. The number of aryl methyl sites for hydroxylation is 1. The maximum atomic E-state index is 13.8. The number of rotatable bonds is 6. The Kier molecular flexibility index (Phi) is 5.22. The molecule has 4 rings (SSSR count). The molecule has 1 amide bonds. The normalized spacial score (nSPS) is 11.1. The third-order valence-electron chi connectivity index (χ3n) is 4.25. The quantitative estimate of drug-likeness (QED) is 0.519. The molecule has 0 aliphatic heterocycles. The molecule has 0 fully saturated rings. The third-order valence-corrected chi connectivity index (χ3v) is 4.48. The van der Waals surface area contributed by atoms with Crippen LogP contribution in [0, 0.1) is 5.82 Å². The molecule has 3 aromatic heterocycles. The largest absolute Gasteiger partial charge is 0.345 e. The molecule has 29 heavy (non-hydrogen) atoms. The first-order chi connectivity index (χ1) is 14.0. The summed E-state index contributed by atoms with van der Waals surface area (Å²) in [6, 6.07) is 7.36. The molecule has 4 aromatic rings. The number of amides is 1. The summed E-state index contributed by atoms with van der Waals surface area (Å²) in [7, 11) is 0. The topological polar surface area (TPSA) is 98.2 Å². The number of nitrogens with zero attached hydrogens (tertiary/aromatic N) is 5. The lowest BCUT2D eigenvalue weighted by Gasteiger charge is -2.06. The van der Waals surface area contributed by atoms with Crippen molar-refractivity contribution in [2.45, 2.75) is 26.3 Å². The Labute approximate surface area is 169 Å². The lowest BCUT2D eigenvalue weighted by molar-refractivity contribution is 0.0945. The van der Waals surface area contributed by atoms with Crippen molar-refractivity contribution in [1.29, 1.82) is 0 Å². The van der Waals surface area contributed by atoms with Crippen molar-refractivity contribution in [3.8, 4) is 11.5 Å². The molecule has 3 heterocycles. The monoisotopic (exact) mass is 414 g/mol. The second-order valence-corrected chi connectivity index (χ2v) is 6.77. The molecule has 1 aromatic carbocycles. The van der Waals surface area contributed by atoms with Gasteiger partial charge < -0.3 is 9.84 Å². The zero-order chi connectivity index (χ0) is 20.4. The minimum Gasteiger partial charge on any atom is -0.345 e. The van der Waals surface area contributed by atoms with Crippen LogP contribution in [0.5, 0.6) is 0 Å². The van der Waals surface area contributed by atoms with Crippen LogP contribution >= 0.6 is 11.6 Å². The fourth-order valence-corrected chi connectivity index (χ4v) is 2.99. The van der Waals surface area contributed by atoms with Gasteiger partial charge in [-0.1, -0.05) is 23.7 Å². The summed E-state index contributed by atoms with van der Waals surface area (Å²) in [5.41, 5.74) is 1.14. The third kappa shape index (κ3) is 3.95. The van der Waals surface area contributed by atoms with Gasteiger partial charge in [0.1, 0.15) is 5.82 Å². The number of halogens is 2. The summed E-state index contributed by atoms with van der Waals surface area (Å²) in [4.78, 5) is 16.6. The second kappa shape index (κ2) is 7.96. The van der Waals surface area contributed by atoms with E-state index in [1.165, 1.54) is 12.1 Å². The van der Waals surface area contributed by atoms with Gasteiger partial charge in [-0.25, -0.2) is 4.39 Å². The summed E-state index contributed by atoms with van der Waals surface area (Å²) in [6.45, 7) is 2.10. The highest BCUT2D eigenvalue weighted by atomic mass is 35.5. The molecule has 1 N–H and O–H groups in total. The number of hydrogen-bond donors (Lipinski definition) is 1. The number of pyridine rings is 1. The maximum absolute atomic E-state index is 13.8. The molecule has 148 valence electrons. The van der Waals surface area contributed by atoms with Crippen molar-refractivity contribution in [2.75, 3.05) is 0 Å². The second-order valence-electron chi connectivity index (χ2n) is 6.33. The summed E-state index contributed by atoms with van der Waals surface area (Å²) in [5.74, 6) is 0.308. The van der Waals surface area contributed by atoms with Gasteiger partial charge in [0, 0.05) is 23.2 Å². The fraction of sp³-hybridized carbons (Fsp3) is 0.211. The molecule has 0 unspecified atom stereocenters. The number of benzene rings is 1. The number of aromatic nitrogens is 5. The molecule has 0 bridgehead atoms. The molecule has 8 nitrogen and oxygen atoms in total. The van der Waals surface area contributed by atoms with Crippen molar-refractivity contribution in [1.82, 2.24) is 30.1 Å². The van der Waals surface area contributed by atoms with Gasteiger partial charge in [0.05, 0.1) is 12.1 Å². The molecular formula is C19H16ClFN6O2. The standard InChI is InChI=1S/C19H16ClFN6O2/c1-2-3-15-23-19(29-26-15)11-6-7-27-16(8-11)24-25-17(27)10-22-18(28)13-9-12(20)4-5-14(13)21/h4-9H,2-3,10H2,1H3,(H,22,28). The SMILES string of the molecule is CCCc1noc(-c2ccn3c(CNC(=O)c4cc(Cl)ccc4F)nnc3c2)n1. The van der Waals surface area contributed by atoms with E-state index in [1.807, 2.05) is 6.92 Å². The van der Waals surface area contributed by atoms with Crippen LogP contribution in [0.1, 0.15) is 35.4 Å². The van der Waals surface area contributed by atoms with E-state index in [2.05, 4.69) is 25.7 Å². The van der Waals surface area contributed by atoms with E-state index in [1.54, 1.807) is 22.7 Å². The molecule has 0 spiro atoms. The Morgan fingerprint density at radius 3 is 2.97 bits per heavy atom. The van der Waals surface area contributed by atoms with Crippen LogP contribution in [0.3, 0.4) is 0 Å². The average molecular weight is 415 g/mol. The Bertz CT molecular complexity index is 1190. The van der Waals surface area contributed by atoms with Crippen molar-refractivity contribution < 1.29 is 13.7 Å². The van der Waals surface area contributed by atoms with Crippen LogP contribution in [-0.2, 0) is 13.0 Å². The fourth-order valence-electron chi connectivity index (χ4n) is 2.82. The predicted octanol–water partition coefficient (Wildman–Crippen LogP) is 3.45. The van der Waals surface area contributed by atoms with E-state index in [4.69, 9.17) is 16.1 Å². The highest BCUT2D eigenvalue weighted by Gasteiger charge is 2.15. The Balaban J connectivity index is 1.51. The molecule has 10 heteroatoms. The number of carbonyl (C=O) groups is 1. The Morgan fingerprint density at radius 1 is 1.28 bits per heavy atom. The highest BCUT2D eigenvalue weighted by Crippen LogP contribution is 2.20. The number of fused-ring (bicyclic) bond motifs is 1. The summed E-state index contributed by atoms with van der Waals surface area (Å²) >= 11 is 5.83. The number of hydrogen-bond acceptors (Lipinski definition) is 6.